The molecule has 1 saturated heterocycles. The number of carbonyl (C=O) groups is 1. The highest BCUT2D eigenvalue weighted by atomic mass is 35.5. The molecular weight excluding hydrogens is 278 g/mol. The lowest BCUT2D eigenvalue weighted by Gasteiger charge is -2.28. The second-order valence-corrected chi connectivity index (χ2v) is 5.02. The van der Waals surface area contributed by atoms with Crippen LogP contribution < -0.4 is 5.43 Å². The first kappa shape index (κ1) is 14.8. The molecule has 0 spiro atoms. The van der Waals surface area contributed by atoms with Gasteiger partial charge in [0.25, 0.3) is 0 Å². The fraction of sp³-hybridized carbons (Fsp3) is 0.429. The third-order valence-corrected chi connectivity index (χ3v) is 3.58. The molecular formula is C14H18ClN3O2. The maximum Gasteiger partial charge on any atom is 0.196 e. The fourth-order valence-electron chi connectivity index (χ4n) is 1.99. The summed E-state index contributed by atoms with van der Waals surface area (Å²) < 4.78 is 5.28. The Kier molecular flexibility index (Phi) is 4.98. The van der Waals surface area contributed by atoms with E-state index < -0.39 is 0 Å². The Balaban J connectivity index is 2.17. The first-order valence-corrected chi connectivity index (χ1v) is 6.90. The number of Topliss-reactive ketones (excluding diaryl/α,β-unsaturated/α-hetero) is 1. The van der Waals surface area contributed by atoms with Gasteiger partial charge in [0, 0.05) is 25.0 Å². The molecule has 1 aromatic carbocycles. The molecule has 20 heavy (non-hydrogen) atoms. The lowest BCUT2D eigenvalue weighted by atomic mass is 10.2. The molecule has 0 atom stereocenters. The van der Waals surface area contributed by atoms with E-state index in [-0.39, 0.29) is 5.78 Å². The number of rotatable bonds is 3. The lowest BCUT2D eigenvalue weighted by Crippen LogP contribution is -2.44. The summed E-state index contributed by atoms with van der Waals surface area (Å²) in [4.78, 5) is 13.7. The van der Waals surface area contributed by atoms with Gasteiger partial charge in [-0.15, -0.1) is 0 Å². The molecule has 0 bridgehead atoms. The zero-order valence-corrected chi connectivity index (χ0v) is 12.4. The van der Waals surface area contributed by atoms with Gasteiger partial charge in [-0.05, 0) is 24.6 Å². The number of hydrogen-bond acceptors (Lipinski definition) is 4. The van der Waals surface area contributed by atoms with E-state index in [2.05, 4.69) is 10.5 Å². The highest BCUT2D eigenvalue weighted by Gasteiger charge is 2.19. The molecule has 1 N–H and O–H groups in total. The van der Waals surface area contributed by atoms with Crippen molar-refractivity contribution in [1.29, 1.82) is 0 Å². The van der Waals surface area contributed by atoms with Crippen molar-refractivity contribution in [3.8, 4) is 0 Å². The second-order valence-electron chi connectivity index (χ2n) is 4.62. The molecule has 6 heteroatoms. The quantitative estimate of drug-likeness (QED) is 0.528. The van der Waals surface area contributed by atoms with Crippen molar-refractivity contribution in [3.63, 3.8) is 0 Å². The number of amidine groups is 1. The molecule has 0 radical (unpaired) electrons. The van der Waals surface area contributed by atoms with Crippen LogP contribution in [0.15, 0.2) is 23.3 Å². The molecule has 1 aliphatic heterocycles. The molecule has 0 saturated carbocycles. The summed E-state index contributed by atoms with van der Waals surface area (Å²) in [5, 5.41) is 4.92. The third-order valence-electron chi connectivity index (χ3n) is 3.18. The van der Waals surface area contributed by atoms with Crippen LogP contribution in [0.2, 0.25) is 5.02 Å². The second kappa shape index (κ2) is 6.72. The van der Waals surface area contributed by atoms with Gasteiger partial charge in [-0.1, -0.05) is 17.7 Å². The number of nitrogens with one attached hydrogen (secondary N) is 1. The summed E-state index contributed by atoms with van der Waals surface area (Å²) in [5.41, 5.74) is 4.63. The van der Waals surface area contributed by atoms with Gasteiger partial charge in [-0.25, -0.2) is 0 Å². The minimum absolute atomic E-state index is 0.0703. The highest BCUT2D eigenvalue weighted by molar-refractivity contribution is 6.38. The van der Waals surface area contributed by atoms with Crippen molar-refractivity contribution in [2.45, 2.75) is 13.8 Å². The molecule has 1 heterocycles. The molecule has 2 rings (SSSR count). The Morgan fingerprint density at radius 3 is 2.75 bits per heavy atom. The number of anilines is 1. The lowest BCUT2D eigenvalue weighted by molar-refractivity contribution is -0.112. The number of halogens is 1. The Hall–Kier alpha value is -1.59. The summed E-state index contributed by atoms with van der Waals surface area (Å²) in [5.74, 6) is 0.353. The summed E-state index contributed by atoms with van der Waals surface area (Å²) in [6, 6.07) is 5.54. The number of benzene rings is 1. The molecule has 1 fully saturated rings. The predicted octanol–water partition coefficient (Wildman–Crippen LogP) is 2.30. The molecule has 0 amide bonds. The van der Waals surface area contributed by atoms with Gasteiger partial charge in [0.2, 0.25) is 0 Å². The summed E-state index contributed by atoms with van der Waals surface area (Å²) in [6.07, 6.45) is 0. The van der Waals surface area contributed by atoms with E-state index >= 15 is 0 Å². The highest BCUT2D eigenvalue weighted by Crippen LogP contribution is 2.22. The first-order valence-electron chi connectivity index (χ1n) is 6.52. The van der Waals surface area contributed by atoms with Crippen LogP contribution in [0.5, 0.6) is 0 Å². The van der Waals surface area contributed by atoms with Crippen molar-refractivity contribution in [2.24, 2.45) is 5.10 Å². The van der Waals surface area contributed by atoms with Gasteiger partial charge in [0.1, 0.15) is 0 Å². The third kappa shape index (κ3) is 3.49. The standard InChI is InChI=1S/C14H18ClN3O2/c1-10-12(15)4-3-5-13(10)16-17-14(11(2)19)18-6-8-20-9-7-18/h3-5,16H,6-9H2,1-2H3/b17-14-. The average Bonchev–Trinajstić information content (AvgIpc) is 2.44. The van der Waals surface area contributed by atoms with E-state index in [0.29, 0.717) is 37.2 Å². The van der Waals surface area contributed by atoms with Gasteiger partial charge in [0.15, 0.2) is 11.6 Å². The van der Waals surface area contributed by atoms with Crippen LogP contribution in [0.3, 0.4) is 0 Å². The average molecular weight is 296 g/mol. The van der Waals surface area contributed by atoms with Crippen LogP contribution in [0.25, 0.3) is 0 Å². The summed E-state index contributed by atoms with van der Waals surface area (Å²) >= 11 is 6.06. The van der Waals surface area contributed by atoms with Gasteiger partial charge >= 0.3 is 0 Å². The maximum atomic E-state index is 11.7. The Morgan fingerprint density at radius 1 is 1.40 bits per heavy atom. The number of nitrogens with zero attached hydrogens (tertiary/aromatic N) is 2. The topological polar surface area (TPSA) is 53.9 Å². The monoisotopic (exact) mass is 295 g/mol. The molecule has 1 aromatic rings. The minimum atomic E-state index is -0.0703. The van der Waals surface area contributed by atoms with Gasteiger partial charge in [-0.3, -0.25) is 10.2 Å². The minimum Gasteiger partial charge on any atom is -0.378 e. The van der Waals surface area contributed by atoms with Crippen LogP contribution in [-0.4, -0.2) is 42.8 Å². The van der Waals surface area contributed by atoms with E-state index in [9.17, 15) is 4.79 Å². The summed E-state index contributed by atoms with van der Waals surface area (Å²) in [6.45, 7) is 6.00. The molecule has 0 aliphatic carbocycles. The Morgan fingerprint density at radius 2 is 2.10 bits per heavy atom. The van der Waals surface area contributed by atoms with Gasteiger partial charge in [0.05, 0.1) is 18.9 Å². The van der Waals surface area contributed by atoms with Crippen LogP contribution in [0.1, 0.15) is 12.5 Å². The van der Waals surface area contributed by atoms with Crippen molar-refractivity contribution in [1.82, 2.24) is 4.90 Å². The largest absolute Gasteiger partial charge is 0.378 e. The molecule has 5 nitrogen and oxygen atoms in total. The number of morpholine rings is 1. The summed E-state index contributed by atoms with van der Waals surface area (Å²) in [7, 11) is 0. The van der Waals surface area contributed by atoms with Crippen molar-refractivity contribution in [2.75, 3.05) is 31.7 Å². The zero-order valence-electron chi connectivity index (χ0n) is 11.6. The molecule has 108 valence electrons. The van der Waals surface area contributed by atoms with Crippen molar-refractivity contribution < 1.29 is 9.53 Å². The normalized spacial score (nSPS) is 16.1. The maximum absolute atomic E-state index is 11.7. The predicted molar refractivity (Wildman–Crippen MR) is 80.3 cm³/mol. The number of ether oxygens (including phenoxy) is 1. The van der Waals surface area contributed by atoms with Crippen LogP contribution in [-0.2, 0) is 9.53 Å². The van der Waals surface area contributed by atoms with Crippen molar-refractivity contribution in [3.05, 3.63) is 28.8 Å². The van der Waals surface area contributed by atoms with Crippen LogP contribution >= 0.6 is 11.6 Å². The molecule has 0 aromatic heterocycles. The number of ketones is 1. The van der Waals surface area contributed by atoms with Crippen LogP contribution in [0.4, 0.5) is 5.69 Å². The fourth-order valence-corrected chi connectivity index (χ4v) is 2.16. The Labute approximate surface area is 123 Å². The van der Waals surface area contributed by atoms with E-state index in [1.54, 1.807) is 0 Å². The molecule has 1 aliphatic rings. The van der Waals surface area contributed by atoms with E-state index in [0.717, 1.165) is 11.3 Å². The van der Waals surface area contributed by atoms with E-state index in [4.69, 9.17) is 16.3 Å². The Bertz CT molecular complexity index is 525. The van der Waals surface area contributed by atoms with Gasteiger partial charge in [-0.2, -0.15) is 5.10 Å². The van der Waals surface area contributed by atoms with Crippen LogP contribution in [0, 0.1) is 6.92 Å². The zero-order chi connectivity index (χ0) is 14.5. The van der Waals surface area contributed by atoms with E-state index in [1.807, 2.05) is 30.0 Å². The smallest absolute Gasteiger partial charge is 0.196 e. The SMILES string of the molecule is CC(=O)/C(=N/Nc1cccc(Cl)c1C)N1CCOCC1. The first-order chi connectivity index (χ1) is 9.59. The molecule has 0 unspecified atom stereocenters. The number of carbonyl (C=O) groups excluding carboxylic acids is 1. The van der Waals surface area contributed by atoms with Crippen molar-refractivity contribution >= 4 is 28.9 Å². The van der Waals surface area contributed by atoms with E-state index in [1.165, 1.54) is 6.92 Å². The van der Waals surface area contributed by atoms with Gasteiger partial charge < -0.3 is 9.64 Å². The number of hydrogen-bond donors (Lipinski definition) is 1. The number of hydrazone groups is 1.